The maximum absolute atomic E-state index is 11.0. The second kappa shape index (κ2) is 10.7. The van der Waals surface area contributed by atoms with Gasteiger partial charge in [0.15, 0.2) is 0 Å². The Morgan fingerprint density at radius 2 is 0.763 bits per heavy atom. The second-order valence-electron chi connectivity index (χ2n) is 8.43. The largest absolute Gasteiger partial charge is 0.511 e. The minimum absolute atomic E-state index is 0.242. The first-order valence-electron chi connectivity index (χ1n) is 11.8. The van der Waals surface area contributed by atoms with Crippen LogP contribution in [0.1, 0.15) is 0 Å². The molecule has 0 radical (unpaired) electrons. The van der Waals surface area contributed by atoms with E-state index in [4.69, 9.17) is 19.7 Å². The Morgan fingerprint density at radius 1 is 0.421 bits per heavy atom. The summed E-state index contributed by atoms with van der Waals surface area (Å²) in [5, 5.41) is 17.9. The molecule has 0 saturated carbocycles. The molecule has 5 aromatic carbocycles. The van der Waals surface area contributed by atoms with Crippen LogP contribution >= 0.6 is 0 Å². The molecule has 0 amide bonds. The molecule has 0 heterocycles. The van der Waals surface area contributed by atoms with Crippen molar-refractivity contribution in [2.24, 2.45) is 0 Å². The van der Waals surface area contributed by atoms with Crippen LogP contribution in [-0.2, 0) is 0 Å². The highest BCUT2D eigenvalue weighted by Crippen LogP contribution is 2.45. The van der Waals surface area contributed by atoms with Crippen molar-refractivity contribution in [1.29, 1.82) is 0 Å². The van der Waals surface area contributed by atoms with Crippen LogP contribution in [0.25, 0.3) is 44.5 Å². The fraction of sp³-hybridized carbons (Fsp3) is 0. The van der Waals surface area contributed by atoms with Crippen molar-refractivity contribution in [3.8, 4) is 56.0 Å². The van der Waals surface area contributed by atoms with E-state index in [1.807, 2.05) is 72.8 Å². The maximum atomic E-state index is 11.0. The van der Waals surface area contributed by atoms with Crippen molar-refractivity contribution in [3.05, 3.63) is 121 Å². The summed E-state index contributed by atoms with van der Waals surface area (Å²) in [5.41, 5.74) is 7.77. The predicted octanol–water partition coefficient (Wildman–Crippen LogP) is 8.47. The summed E-state index contributed by atoms with van der Waals surface area (Å²) in [6, 6.07) is 38.1. The SMILES string of the molecule is O=C(O)Oc1ccc(-c2ccc(-c3ccc(OC(=O)O)cc3)c(-c3ccccc3)c2-c2ccccc2)cc1. The molecule has 0 aromatic heterocycles. The lowest BCUT2D eigenvalue weighted by Crippen LogP contribution is -2.02. The number of carbonyl (C=O) groups is 2. The zero-order valence-electron chi connectivity index (χ0n) is 20.1. The highest BCUT2D eigenvalue weighted by molar-refractivity contribution is 6.01. The van der Waals surface area contributed by atoms with E-state index in [1.165, 1.54) is 0 Å². The van der Waals surface area contributed by atoms with Crippen LogP contribution in [0.3, 0.4) is 0 Å². The van der Waals surface area contributed by atoms with E-state index in [-0.39, 0.29) is 11.5 Å². The van der Waals surface area contributed by atoms with Gasteiger partial charge in [-0.05, 0) is 68.8 Å². The minimum atomic E-state index is -1.36. The number of rotatable bonds is 6. The molecule has 6 heteroatoms. The van der Waals surface area contributed by atoms with Crippen LogP contribution < -0.4 is 9.47 Å². The standard InChI is InChI=1S/C32H22O6/c33-31(34)37-25-15-11-21(12-16-25)27-19-20-28(22-13-17-26(18-14-22)38-32(35)36)30(24-9-5-2-6-10-24)29(27)23-7-3-1-4-8-23/h1-20H,(H,33,34)(H,35,36). The van der Waals surface area contributed by atoms with Crippen molar-refractivity contribution in [1.82, 2.24) is 0 Å². The molecule has 5 rings (SSSR count). The molecule has 0 aliphatic rings. The molecule has 0 spiro atoms. The molecule has 0 atom stereocenters. The van der Waals surface area contributed by atoms with Gasteiger partial charge in [0, 0.05) is 0 Å². The number of hydrogen-bond acceptors (Lipinski definition) is 4. The lowest BCUT2D eigenvalue weighted by atomic mass is 9.83. The Labute approximate surface area is 219 Å². The van der Waals surface area contributed by atoms with Crippen LogP contribution in [-0.4, -0.2) is 22.5 Å². The van der Waals surface area contributed by atoms with E-state index in [2.05, 4.69) is 24.3 Å². The van der Waals surface area contributed by atoms with Crippen molar-refractivity contribution >= 4 is 12.3 Å². The molecule has 38 heavy (non-hydrogen) atoms. The molecule has 6 nitrogen and oxygen atoms in total. The molecule has 5 aromatic rings. The lowest BCUT2D eigenvalue weighted by Gasteiger charge is -2.21. The first kappa shape index (κ1) is 24.3. The number of ether oxygens (including phenoxy) is 2. The van der Waals surface area contributed by atoms with Crippen LogP contribution in [0.5, 0.6) is 11.5 Å². The fourth-order valence-corrected chi connectivity index (χ4v) is 4.50. The van der Waals surface area contributed by atoms with Crippen LogP contribution in [0.2, 0.25) is 0 Å². The molecular formula is C32H22O6. The van der Waals surface area contributed by atoms with E-state index >= 15 is 0 Å². The summed E-state index contributed by atoms with van der Waals surface area (Å²) in [6.45, 7) is 0. The van der Waals surface area contributed by atoms with Gasteiger partial charge in [0.2, 0.25) is 0 Å². The van der Waals surface area contributed by atoms with Gasteiger partial charge in [-0.3, -0.25) is 0 Å². The summed E-state index contributed by atoms with van der Waals surface area (Å²) < 4.78 is 9.59. The smallest absolute Gasteiger partial charge is 0.449 e. The van der Waals surface area contributed by atoms with Crippen molar-refractivity contribution < 1.29 is 29.3 Å². The zero-order valence-corrected chi connectivity index (χ0v) is 20.1. The predicted molar refractivity (Wildman–Crippen MR) is 145 cm³/mol. The fourth-order valence-electron chi connectivity index (χ4n) is 4.50. The van der Waals surface area contributed by atoms with Crippen LogP contribution in [0.15, 0.2) is 121 Å². The van der Waals surface area contributed by atoms with Crippen molar-refractivity contribution in [2.45, 2.75) is 0 Å². The molecule has 0 unspecified atom stereocenters. The molecule has 0 aliphatic heterocycles. The summed E-state index contributed by atoms with van der Waals surface area (Å²) in [4.78, 5) is 21.9. The first-order valence-corrected chi connectivity index (χ1v) is 11.8. The third-order valence-corrected chi connectivity index (χ3v) is 6.07. The number of carboxylic acid groups (broad SMARTS) is 2. The van der Waals surface area contributed by atoms with Gasteiger partial charge < -0.3 is 19.7 Å². The van der Waals surface area contributed by atoms with E-state index in [0.717, 1.165) is 44.5 Å². The molecule has 0 bridgehead atoms. The quantitative estimate of drug-likeness (QED) is 0.179. The van der Waals surface area contributed by atoms with Gasteiger partial charge in [-0.2, -0.15) is 0 Å². The van der Waals surface area contributed by atoms with Crippen molar-refractivity contribution in [3.63, 3.8) is 0 Å². The van der Waals surface area contributed by atoms with Gasteiger partial charge in [-0.1, -0.05) is 97.1 Å². The Balaban J connectivity index is 1.75. The molecule has 0 fully saturated rings. The summed E-state index contributed by atoms with van der Waals surface area (Å²) >= 11 is 0. The number of hydrogen-bond donors (Lipinski definition) is 2. The van der Waals surface area contributed by atoms with Crippen molar-refractivity contribution in [2.75, 3.05) is 0 Å². The molecule has 186 valence electrons. The van der Waals surface area contributed by atoms with E-state index in [9.17, 15) is 9.59 Å². The Kier molecular flexibility index (Phi) is 6.87. The highest BCUT2D eigenvalue weighted by Gasteiger charge is 2.19. The van der Waals surface area contributed by atoms with Crippen LogP contribution in [0.4, 0.5) is 9.59 Å². The molecule has 0 saturated heterocycles. The van der Waals surface area contributed by atoms with E-state index in [0.29, 0.717) is 0 Å². The molecule has 2 N–H and O–H groups in total. The monoisotopic (exact) mass is 502 g/mol. The summed E-state index contributed by atoms with van der Waals surface area (Å²) in [5.74, 6) is 0.483. The van der Waals surface area contributed by atoms with E-state index < -0.39 is 12.3 Å². The Hall–Kier alpha value is -5.36. The van der Waals surface area contributed by atoms with Gasteiger partial charge in [0.05, 0.1) is 0 Å². The molecular weight excluding hydrogens is 480 g/mol. The average Bonchev–Trinajstić information content (AvgIpc) is 2.93. The summed E-state index contributed by atoms with van der Waals surface area (Å²) in [7, 11) is 0. The van der Waals surface area contributed by atoms with E-state index in [1.54, 1.807) is 24.3 Å². The average molecular weight is 503 g/mol. The third-order valence-electron chi connectivity index (χ3n) is 6.07. The third kappa shape index (κ3) is 5.24. The number of benzene rings is 5. The Bertz CT molecular complexity index is 1450. The normalized spacial score (nSPS) is 10.5. The molecule has 0 aliphatic carbocycles. The van der Waals surface area contributed by atoms with Gasteiger partial charge in [-0.15, -0.1) is 0 Å². The lowest BCUT2D eigenvalue weighted by molar-refractivity contribution is 0.143. The van der Waals surface area contributed by atoms with Gasteiger partial charge in [-0.25, -0.2) is 9.59 Å². The van der Waals surface area contributed by atoms with Gasteiger partial charge in [0.25, 0.3) is 0 Å². The van der Waals surface area contributed by atoms with Gasteiger partial charge in [0.1, 0.15) is 11.5 Å². The van der Waals surface area contributed by atoms with Crippen LogP contribution in [0, 0.1) is 0 Å². The first-order chi connectivity index (χ1) is 18.5. The maximum Gasteiger partial charge on any atom is 0.511 e. The Morgan fingerprint density at radius 3 is 1.08 bits per heavy atom. The zero-order chi connectivity index (χ0) is 26.5. The topological polar surface area (TPSA) is 93.1 Å². The highest BCUT2D eigenvalue weighted by atomic mass is 16.7. The second-order valence-corrected chi connectivity index (χ2v) is 8.43. The van der Waals surface area contributed by atoms with Gasteiger partial charge >= 0.3 is 12.3 Å². The minimum Gasteiger partial charge on any atom is -0.449 e. The summed E-state index contributed by atoms with van der Waals surface area (Å²) in [6.07, 6.45) is -2.73.